The van der Waals surface area contributed by atoms with E-state index in [9.17, 15) is 14.4 Å². The lowest BCUT2D eigenvalue weighted by Gasteiger charge is -2.09. The van der Waals surface area contributed by atoms with Gasteiger partial charge in [-0.05, 0) is 31.9 Å². The van der Waals surface area contributed by atoms with Crippen molar-refractivity contribution in [2.75, 3.05) is 6.61 Å². The minimum atomic E-state index is -0.525. The minimum absolute atomic E-state index is 0.195. The minimum Gasteiger partial charge on any atom is -0.462 e. The molecule has 7 nitrogen and oxygen atoms in total. The molecule has 0 aliphatic rings. The summed E-state index contributed by atoms with van der Waals surface area (Å²) in [4.78, 5) is 34.5. The molecule has 2 N–H and O–H groups in total. The monoisotopic (exact) mass is 337 g/mol. The molecule has 0 heterocycles. The highest BCUT2D eigenvalue weighted by molar-refractivity contribution is 5.93. The van der Waals surface area contributed by atoms with Gasteiger partial charge in [0.15, 0.2) is 0 Å². The number of carbonyl (C=O) groups is 3. The molecule has 1 aromatic carbocycles. The van der Waals surface area contributed by atoms with E-state index in [2.05, 4.69) is 0 Å². The molecule has 0 saturated heterocycles. The number of nitrogens with one attached hydrogen (secondary N) is 1. The third-order valence-electron chi connectivity index (χ3n) is 3.27. The Morgan fingerprint density at radius 2 is 1.71 bits per heavy atom. The number of hydrogen-bond acceptors (Lipinski definition) is 6. The summed E-state index contributed by atoms with van der Waals surface area (Å²) in [7, 11) is 0. The van der Waals surface area contributed by atoms with Gasteiger partial charge in [-0.1, -0.05) is 25.0 Å². The number of unbranched alkanes of at least 4 members (excludes halogenated alkanes) is 3. The highest BCUT2D eigenvalue weighted by atomic mass is 16.5. The topological polar surface area (TPSA) is 102 Å². The molecule has 7 heteroatoms. The van der Waals surface area contributed by atoms with E-state index in [-0.39, 0.29) is 30.8 Å². The van der Waals surface area contributed by atoms with Crippen molar-refractivity contribution in [1.82, 2.24) is 5.48 Å². The maximum Gasteiger partial charge on any atom is 0.341 e. The Hall–Kier alpha value is -2.41. The molecule has 0 aromatic heterocycles. The summed E-state index contributed by atoms with van der Waals surface area (Å²) in [6.07, 6.45) is 3.30. The number of rotatable bonds is 10. The largest absolute Gasteiger partial charge is 0.462 e. The quantitative estimate of drug-likeness (QED) is 0.224. The third kappa shape index (κ3) is 7.23. The fourth-order valence-electron chi connectivity index (χ4n) is 2.07. The van der Waals surface area contributed by atoms with Crippen LogP contribution in [0.15, 0.2) is 24.3 Å². The Labute approximate surface area is 140 Å². The third-order valence-corrected chi connectivity index (χ3v) is 3.27. The molecule has 0 fully saturated rings. The Morgan fingerprint density at radius 1 is 1.04 bits per heavy atom. The van der Waals surface area contributed by atoms with E-state index in [1.54, 1.807) is 36.7 Å². The van der Waals surface area contributed by atoms with Gasteiger partial charge in [-0.2, -0.15) is 0 Å². The van der Waals surface area contributed by atoms with Crippen LogP contribution in [0.25, 0.3) is 0 Å². The van der Waals surface area contributed by atoms with Gasteiger partial charge in [-0.3, -0.25) is 14.8 Å². The Balaban J connectivity index is 2.35. The first-order valence-electron chi connectivity index (χ1n) is 7.98. The average Bonchev–Trinajstić information content (AvgIpc) is 2.58. The van der Waals surface area contributed by atoms with Crippen molar-refractivity contribution in [2.45, 2.75) is 45.4 Å². The van der Waals surface area contributed by atoms with E-state index in [1.165, 1.54) is 0 Å². The molecule has 0 spiro atoms. The van der Waals surface area contributed by atoms with Crippen molar-refractivity contribution >= 4 is 17.8 Å². The molecule has 24 heavy (non-hydrogen) atoms. The number of ether oxygens (including phenoxy) is 2. The first kappa shape index (κ1) is 19.6. The molecule has 0 aliphatic carbocycles. The molecule has 0 unspecified atom stereocenters. The lowest BCUT2D eigenvalue weighted by Crippen LogP contribution is -2.17. The summed E-state index contributed by atoms with van der Waals surface area (Å²) in [5, 5.41) is 8.35. The molecule has 0 atom stereocenters. The van der Waals surface area contributed by atoms with Gasteiger partial charge in [0.2, 0.25) is 5.91 Å². The predicted molar refractivity (Wildman–Crippen MR) is 85.7 cm³/mol. The number of hydroxylamine groups is 1. The number of hydrogen-bond donors (Lipinski definition) is 2. The van der Waals surface area contributed by atoms with Gasteiger partial charge in [0.25, 0.3) is 0 Å². The zero-order valence-corrected chi connectivity index (χ0v) is 13.7. The summed E-state index contributed by atoms with van der Waals surface area (Å²) in [5.74, 6) is -1.16. The maximum atomic E-state index is 11.9. The lowest BCUT2D eigenvalue weighted by molar-refractivity contribution is -0.134. The van der Waals surface area contributed by atoms with E-state index >= 15 is 0 Å². The number of carbonyl (C=O) groups excluding carboxylic acids is 3. The van der Waals surface area contributed by atoms with Crippen LogP contribution >= 0.6 is 0 Å². The fourth-order valence-corrected chi connectivity index (χ4v) is 2.07. The van der Waals surface area contributed by atoms with Crippen molar-refractivity contribution < 1.29 is 29.1 Å². The van der Waals surface area contributed by atoms with Gasteiger partial charge in [0.05, 0.1) is 6.61 Å². The van der Waals surface area contributed by atoms with Crippen LogP contribution in [0, 0.1) is 0 Å². The van der Waals surface area contributed by atoms with E-state index in [1.807, 2.05) is 0 Å². The molecule has 0 radical (unpaired) electrons. The first-order chi connectivity index (χ1) is 11.6. The molecule has 0 bridgehead atoms. The van der Waals surface area contributed by atoms with Gasteiger partial charge in [-0.25, -0.2) is 10.3 Å². The molecule has 1 amide bonds. The number of benzene rings is 1. The SMILES string of the molecule is CCOC(=O)c1ccccc1OC(=O)CCCCCCC(=O)NO. The zero-order valence-electron chi connectivity index (χ0n) is 13.7. The Bertz CT molecular complexity index is 558. The van der Waals surface area contributed by atoms with Crippen LogP contribution in [0.2, 0.25) is 0 Å². The second-order valence-electron chi connectivity index (χ2n) is 5.14. The van der Waals surface area contributed by atoms with E-state index < -0.39 is 17.8 Å². The van der Waals surface area contributed by atoms with Crippen LogP contribution in [0.4, 0.5) is 0 Å². The van der Waals surface area contributed by atoms with Gasteiger partial charge >= 0.3 is 11.9 Å². The van der Waals surface area contributed by atoms with Gasteiger partial charge in [0.1, 0.15) is 11.3 Å². The van der Waals surface area contributed by atoms with Crippen LogP contribution in [0.5, 0.6) is 5.75 Å². The highest BCUT2D eigenvalue weighted by Crippen LogP contribution is 2.20. The molecule has 1 aromatic rings. The van der Waals surface area contributed by atoms with Crippen molar-refractivity contribution in [1.29, 1.82) is 0 Å². The number of amides is 1. The van der Waals surface area contributed by atoms with Crippen LogP contribution < -0.4 is 10.2 Å². The van der Waals surface area contributed by atoms with E-state index in [0.29, 0.717) is 12.8 Å². The van der Waals surface area contributed by atoms with Crippen LogP contribution in [0.3, 0.4) is 0 Å². The van der Waals surface area contributed by atoms with Gasteiger partial charge in [0, 0.05) is 12.8 Å². The molecular weight excluding hydrogens is 314 g/mol. The van der Waals surface area contributed by atoms with Crippen LogP contribution in [0.1, 0.15) is 55.8 Å². The van der Waals surface area contributed by atoms with Gasteiger partial charge < -0.3 is 9.47 Å². The summed E-state index contributed by atoms with van der Waals surface area (Å²) in [6.45, 7) is 1.95. The smallest absolute Gasteiger partial charge is 0.341 e. The predicted octanol–water partition coefficient (Wildman–Crippen LogP) is 2.61. The fraction of sp³-hybridized carbons (Fsp3) is 0.471. The van der Waals surface area contributed by atoms with Crippen molar-refractivity contribution in [3.05, 3.63) is 29.8 Å². The van der Waals surface area contributed by atoms with E-state index in [0.717, 1.165) is 12.8 Å². The van der Waals surface area contributed by atoms with Crippen LogP contribution in [-0.2, 0) is 14.3 Å². The van der Waals surface area contributed by atoms with Crippen LogP contribution in [-0.4, -0.2) is 29.7 Å². The van der Waals surface area contributed by atoms with Crippen molar-refractivity contribution in [3.63, 3.8) is 0 Å². The summed E-state index contributed by atoms with van der Waals surface area (Å²) in [6, 6.07) is 6.45. The molecular formula is C17H23NO6. The molecule has 0 aliphatic heterocycles. The normalized spacial score (nSPS) is 10.1. The maximum absolute atomic E-state index is 11.9. The summed E-state index contributed by atoms with van der Waals surface area (Å²) < 4.78 is 10.2. The second kappa shape index (κ2) is 11.2. The standard InChI is InChI=1S/C17H23NO6/c1-2-23-17(21)13-9-7-8-10-14(13)24-16(20)12-6-4-3-5-11-15(19)18-22/h7-10,22H,2-6,11-12H2,1H3,(H,18,19). The molecule has 132 valence electrons. The number of para-hydroxylation sites is 1. The average molecular weight is 337 g/mol. The van der Waals surface area contributed by atoms with Crippen molar-refractivity contribution in [2.24, 2.45) is 0 Å². The Kier molecular flexibility index (Phi) is 9.14. The Morgan fingerprint density at radius 3 is 2.38 bits per heavy atom. The van der Waals surface area contributed by atoms with Gasteiger partial charge in [-0.15, -0.1) is 0 Å². The second-order valence-corrected chi connectivity index (χ2v) is 5.14. The molecule has 1 rings (SSSR count). The van der Waals surface area contributed by atoms with Crippen molar-refractivity contribution in [3.8, 4) is 5.75 Å². The number of esters is 2. The highest BCUT2D eigenvalue weighted by Gasteiger charge is 2.15. The zero-order chi connectivity index (χ0) is 17.8. The summed E-state index contributed by atoms with van der Waals surface area (Å²) >= 11 is 0. The van der Waals surface area contributed by atoms with E-state index in [4.69, 9.17) is 14.7 Å². The lowest BCUT2D eigenvalue weighted by atomic mass is 10.1. The first-order valence-corrected chi connectivity index (χ1v) is 7.98. The summed E-state index contributed by atoms with van der Waals surface area (Å²) in [5.41, 5.74) is 1.80. The molecule has 0 saturated carbocycles.